The predicted molar refractivity (Wildman–Crippen MR) is 48.2 cm³/mol. The Kier molecular flexibility index (Phi) is 2.70. The van der Waals surface area contributed by atoms with E-state index in [1.165, 1.54) is 0 Å². The highest BCUT2D eigenvalue weighted by atomic mass is 16.1. The van der Waals surface area contributed by atoms with Crippen LogP contribution in [0.2, 0.25) is 0 Å². The van der Waals surface area contributed by atoms with Crippen LogP contribution in [-0.4, -0.2) is 16.1 Å². The summed E-state index contributed by atoms with van der Waals surface area (Å²) >= 11 is 0. The van der Waals surface area contributed by atoms with E-state index in [-0.39, 0.29) is 5.69 Å². The highest BCUT2D eigenvalue weighted by Gasteiger charge is 2.04. The number of hydrogen-bond donors (Lipinski definition) is 2. The van der Waals surface area contributed by atoms with E-state index in [4.69, 9.17) is 5.73 Å². The molecule has 0 saturated carbocycles. The van der Waals surface area contributed by atoms with Crippen molar-refractivity contribution in [2.75, 3.05) is 6.54 Å². The highest BCUT2D eigenvalue weighted by Crippen LogP contribution is 2.00. The molecular formula is C8H15N3O. The lowest BCUT2D eigenvalue weighted by atomic mass is 10.3. The summed E-state index contributed by atoms with van der Waals surface area (Å²) in [5, 5.41) is 0. The number of hydrogen-bond acceptors (Lipinski definition) is 2. The molecule has 0 spiro atoms. The van der Waals surface area contributed by atoms with E-state index in [9.17, 15) is 4.79 Å². The number of aromatic nitrogens is 2. The summed E-state index contributed by atoms with van der Waals surface area (Å²) in [5.41, 5.74) is 7.28. The molecule has 1 aromatic heterocycles. The van der Waals surface area contributed by atoms with Crippen molar-refractivity contribution in [2.45, 2.75) is 26.8 Å². The summed E-state index contributed by atoms with van der Waals surface area (Å²) < 4.78 is 1.72. The standard InChI is InChI=1S/C8H15N3O/c1-6-7(2)11(5-3-4-9)8(12)10-6/h3-5,9H2,1-2H3,(H,10,12). The van der Waals surface area contributed by atoms with Crippen LogP contribution in [0.5, 0.6) is 0 Å². The molecule has 0 fully saturated rings. The van der Waals surface area contributed by atoms with Crippen LogP contribution in [0, 0.1) is 13.8 Å². The fraction of sp³-hybridized carbons (Fsp3) is 0.625. The molecule has 0 aliphatic heterocycles. The molecule has 0 amide bonds. The summed E-state index contributed by atoms with van der Waals surface area (Å²) in [7, 11) is 0. The van der Waals surface area contributed by atoms with Gasteiger partial charge in [0.05, 0.1) is 0 Å². The van der Waals surface area contributed by atoms with Crippen LogP contribution in [-0.2, 0) is 6.54 Å². The van der Waals surface area contributed by atoms with Gasteiger partial charge in [-0.1, -0.05) is 0 Å². The van der Waals surface area contributed by atoms with Crippen molar-refractivity contribution in [2.24, 2.45) is 5.73 Å². The lowest BCUT2D eigenvalue weighted by molar-refractivity contribution is 0.618. The number of rotatable bonds is 3. The van der Waals surface area contributed by atoms with Crippen molar-refractivity contribution in [3.8, 4) is 0 Å². The molecule has 68 valence electrons. The molecule has 0 unspecified atom stereocenters. The smallest absolute Gasteiger partial charge is 0.325 e. The van der Waals surface area contributed by atoms with Gasteiger partial charge in [-0.25, -0.2) is 4.79 Å². The Morgan fingerprint density at radius 1 is 1.50 bits per heavy atom. The number of aromatic amines is 1. The first-order chi connectivity index (χ1) is 5.66. The molecule has 4 nitrogen and oxygen atoms in total. The minimum atomic E-state index is -0.0292. The van der Waals surface area contributed by atoms with Gasteiger partial charge in [-0.3, -0.25) is 4.57 Å². The van der Waals surface area contributed by atoms with Crippen molar-refractivity contribution in [1.29, 1.82) is 0 Å². The fourth-order valence-corrected chi connectivity index (χ4v) is 1.19. The zero-order valence-electron chi connectivity index (χ0n) is 7.55. The van der Waals surface area contributed by atoms with Gasteiger partial charge < -0.3 is 10.7 Å². The topological polar surface area (TPSA) is 63.8 Å². The fourth-order valence-electron chi connectivity index (χ4n) is 1.19. The van der Waals surface area contributed by atoms with Crippen LogP contribution < -0.4 is 11.4 Å². The normalized spacial score (nSPS) is 10.6. The van der Waals surface area contributed by atoms with E-state index >= 15 is 0 Å². The van der Waals surface area contributed by atoms with E-state index in [0.717, 1.165) is 17.8 Å². The predicted octanol–water partition coefficient (Wildman–Crippen LogP) is 0.142. The van der Waals surface area contributed by atoms with Crippen LogP contribution in [0.3, 0.4) is 0 Å². The largest absolute Gasteiger partial charge is 0.330 e. The average Bonchev–Trinajstić information content (AvgIpc) is 2.25. The molecule has 12 heavy (non-hydrogen) atoms. The minimum Gasteiger partial charge on any atom is -0.330 e. The number of nitrogens with two attached hydrogens (primary N) is 1. The highest BCUT2D eigenvalue weighted by molar-refractivity contribution is 5.08. The second kappa shape index (κ2) is 3.58. The maximum Gasteiger partial charge on any atom is 0.325 e. The first-order valence-electron chi connectivity index (χ1n) is 4.13. The quantitative estimate of drug-likeness (QED) is 0.676. The van der Waals surface area contributed by atoms with Gasteiger partial charge in [-0.2, -0.15) is 0 Å². The van der Waals surface area contributed by atoms with Crippen molar-refractivity contribution in [1.82, 2.24) is 9.55 Å². The molecule has 0 aliphatic rings. The monoisotopic (exact) mass is 169 g/mol. The Bertz CT molecular complexity index is 311. The second-order valence-corrected chi connectivity index (χ2v) is 2.93. The summed E-state index contributed by atoms with van der Waals surface area (Å²) in [6.45, 7) is 5.17. The first-order valence-corrected chi connectivity index (χ1v) is 4.13. The SMILES string of the molecule is Cc1[nH]c(=O)n(CCCN)c1C. The van der Waals surface area contributed by atoms with Gasteiger partial charge in [-0.05, 0) is 26.8 Å². The summed E-state index contributed by atoms with van der Waals surface area (Å²) in [6.07, 6.45) is 0.845. The molecule has 0 atom stereocenters. The van der Waals surface area contributed by atoms with E-state index in [0.29, 0.717) is 13.1 Å². The van der Waals surface area contributed by atoms with Crippen molar-refractivity contribution in [3.63, 3.8) is 0 Å². The molecule has 0 aliphatic carbocycles. The van der Waals surface area contributed by atoms with Crippen molar-refractivity contribution in [3.05, 3.63) is 21.9 Å². The summed E-state index contributed by atoms with van der Waals surface area (Å²) in [6, 6.07) is 0. The zero-order chi connectivity index (χ0) is 9.14. The lowest BCUT2D eigenvalue weighted by Gasteiger charge is -2.01. The molecule has 0 radical (unpaired) electrons. The Morgan fingerprint density at radius 2 is 2.17 bits per heavy atom. The van der Waals surface area contributed by atoms with Crippen molar-refractivity contribution >= 4 is 0 Å². The molecule has 0 bridgehead atoms. The molecule has 4 heteroatoms. The first kappa shape index (κ1) is 9.06. The number of imidazole rings is 1. The number of nitrogens with one attached hydrogen (secondary N) is 1. The molecule has 3 N–H and O–H groups in total. The maximum absolute atomic E-state index is 11.2. The van der Waals surface area contributed by atoms with E-state index in [2.05, 4.69) is 4.98 Å². The summed E-state index contributed by atoms with van der Waals surface area (Å²) in [4.78, 5) is 14.0. The van der Waals surface area contributed by atoms with Gasteiger partial charge in [0.1, 0.15) is 0 Å². The van der Waals surface area contributed by atoms with Crippen LogP contribution in [0.25, 0.3) is 0 Å². The van der Waals surface area contributed by atoms with E-state index < -0.39 is 0 Å². The minimum absolute atomic E-state index is 0.0292. The number of aryl methyl sites for hydroxylation is 1. The van der Waals surface area contributed by atoms with E-state index in [1.54, 1.807) is 4.57 Å². The molecular weight excluding hydrogens is 154 g/mol. The van der Waals surface area contributed by atoms with Gasteiger partial charge >= 0.3 is 5.69 Å². The molecule has 1 heterocycles. The third-order valence-electron chi connectivity index (χ3n) is 2.07. The van der Waals surface area contributed by atoms with Crippen LogP contribution in [0.15, 0.2) is 4.79 Å². The van der Waals surface area contributed by atoms with E-state index in [1.807, 2.05) is 13.8 Å². The molecule has 1 rings (SSSR count). The second-order valence-electron chi connectivity index (χ2n) is 2.93. The molecule has 0 aromatic carbocycles. The van der Waals surface area contributed by atoms with Crippen LogP contribution in [0.1, 0.15) is 17.8 Å². The van der Waals surface area contributed by atoms with Crippen molar-refractivity contribution < 1.29 is 0 Å². The Hall–Kier alpha value is -1.03. The Balaban J connectivity index is 2.90. The number of H-pyrrole nitrogens is 1. The average molecular weight is 169 g/mol. The maximum atomic E-state index is 11.2. The third kappa shape index (κ3) is 1.58. The molecule has 0 saturated heterocycles. The zero-order valence-corrected chi connectivity index (χ0v) is 7.55. The van der Waals surface area contributed by atoms with Gasteiger partial charge in [0.15, 0.2) is 0 Å². The molecule has 1 aromatic rings. The van der Waals surface area contributed by atoms with Gasteiger partial charge in [-0.15, -0.1) is 0 Å². The van der Waals surface area contributed by atoms with Gasteiger partial charge in [0.25, 0.3) is 0 Å². The summed E-state index contributed by atoms with van der Waals surface area (Å²) in [5.74, 6) is 0. The Labute approximate surface area is 71.4 Å². The lowest BCUT2D eigenvalue weighted by Crippen LogP contribution is -2.19. The van der Waals surface area contributed by atoms with Gasteiger partial charge in [0.2, 0.25) is 0 Å². The number of nitrogens with zero attached hydrogens (tertiary/aromatic N) is 1. The third-order valence-corrected chi connectivity index (χ3v) is 2.07. The van der Waals surface area contributed by atoms with Crippen LogP contribution in [0.4, 0.5) is 0 Å². The van der Waals surface area contributed by atoms with Crippen LogP contribution >= 0.6 is 0 Å². The Morgan fingerprint density at radius 3 is 2.58 bits per heavy atom. The van der Waals surface area contributed by atoms with Gasteiger partial charge in [0, 0.05) is 17.9 Å².